The minimum Gasteiger partial charge on any atom is -0.310 e. The van der Waals surface area contributed by atoms with E-state index in [2.05, 4.69) is 167 Å². The first-order valence-electron chi connectivity index (χ1n) is 15.2. The summed E-state index contributed by atoms with van der Waals surface area (Å²) in [5.41, 5.74) is 9.58. The van der Waals surface area contributed by atoms with Crippen LogP contribution >= 0.6 is 0 Å². The van der Waals surface area contributed by atoms with Gasteiger partial charge in [-0.3, -0.25) is 0 Å². The second-order valence-electron chi connectivity index (χ2n) is 11.8. The molecule has 0 saturated carbocycles. The molecule has 0 fully saturated rings. The van der Waals surface area contributed by atoms with E-state index in [1.165, 1.54) is 70.9 Å². The molecule has 0 aliphatic heterocycles. The molecule has 0 bridgehead atoms. The molecule has 10 rings (SSSR count). The molecule has 0 N–H and O–H groups in total. The first-order chi connectivity index (χ1) is 21.8. The van der Waals surface area contributed by atoms with Crippen LogP contribution in [-0.4, -0.2) is 4.57 Å². The summed E-state index contributed by atoms with van der Waals surface area (Å²) >= 11 is 0. The van der Waals surface area contributed by atoms with Gasteiger partial charge in [-0.15, -0.1) is 0 Å². The minimum absolute atomic E-state index is 1.13. The lowest BCUT2D eigenvalue weighted by Gasteiger charge is -2.26. The third kappa shape index (κ3) is 3.14. The van der Waals surface area contributed by atoms with Crippen molar-refractivity contribution in [3.8, 4) is 16.8 Å². The van der Waals surface area contributed by atoms with Crippen molar-refractivity contribution in [2.24, 2.45) is 0 Å². The van der Waals surface area contributed by atoms with Crippen LogP contribution < -0.4 is 4.90 Å². The monoisotopic (exact) mass is 558 g/mol. The van der Waals surface area contributed by atoms with E-state index in [0.29, 0.717) is 0 Å². The standard InChI is InChI=1S/C42H26N2/c1-4-12-30(13-5-1)43(31-14-6-2-7-15-31)33-25-35-34-18-10-11-27-19-20-28-21-22-29-23-24-36-42(40(29)39(28)38(27)34)41(35)37(26-33)44(36)32-16-8-3-9-17-32/h1-26H. The molecule has 0 spiro atoms. The van der Waals surface area contributed by atoms with Crippen molar-refractivity contribution in [1.82, 2.24) is 4.57 Å². The second kappa shape index (κ2) is 8.82. The van der Waals surface area contributed by atoms with Crippen LogP contribution in [-0.2, 0) is 0 Å². The molecule has 0 radical (unpaired) electrons. The van der Waals surface area contributed by atoms with Gasteiger partial charge in [-0.25, -0.2) is 0 Å². The molecule has 2 nitrogen and oxygen atoms in total. The summed E-state index contributed by atoms with van der Waals surface area (Å²) in [6.07, 6.45) is 0. The summed E-state index contributed by atoms with van der Waals surface area (Å²) in [6.45, 7) is 0. The van der Waals surface area contributed by atoms with Gasteiger partial charge < -0.3 is 9.47 Å². The molecule has 1 heterocycles. The van der Waals surface area contributed by atoms with Gasteiger partial charge in [-0.1, -0.05) is 103 Å². The highest BCUT2D eigenvalue weighted by Crippen LogP contribution is 2.51. The van der Waals surface area contributed by atoms with Crippen molar-refractivity contribution < 1.29 is 0 Å². The van der Waals surface area contributed by atoms with Gasteiger partial charge in [0.1, 0.15) is 0 Å². The van der Waals surface area contributed by atoms with E-state index in [-0.39, 0.29) is 0 Å². The lowest BCUT2D eigenvalue weighted by Crippen LogP contribution is -2.10. The van der Waals surface area contributed by atoms with Crippen LogP contribution in [0.4, 0.5) is 17.1 Å². The zero-order valence-electron chi connectivity index (χ0n) is 23.9. The van der Waals surface area contributed by atoms with Gasteiger partial charge in [0.15, 0.2) is 0 Å². The number of anilines is 3. The predicted molar refractivity (Wildman–Crippen MR) is 187 cm³/mol. The Kier molecular flexibility index (Phi) is 4.75. The molecular formula is C42H26N2. The third-order valence-electron chi connectivity index (χ3n) is 9.41. The minimum atomic E-state index is 1.13. The highest BCUT2D eigenvalue weighted by Gasteiger charge is 2.26. The molecule has 204 valence electrons. The Balaban J connectivity index is 1.46. The van der Waals surface area contributed by atoms with Crippen LogP contribution in [0, 0.1) is 0 Å². The van der Waals surface area contributed by atoms with E-state index in [1.807, 2.05) is 0 Å². The van der Waals surface area contributed by atoms with Gasteiger partial charge >= 0.3 is 0 Å². The fourth-order valence-corrected chi connectivity index (χ4v) is 7.64. The summed E-state index contributed by atoms with van der Waals surface area (Å²) in [4.78, 5) is 2.39. The Hall–Kier alpha value is -5.86. The number of hydrogen-bond acceptors (Lipinski definition) is 1. The van der Waals surface area contributed by atoms with E-state index in [0.717, 1.165) is 17.1 Å². The molecule has 0 amide bonds. The highest BCUT2D eigenvalue weighted by molar-refractivity contribution is 6.38. The molecule has 2 heteroatoms. The number of hydrogen-bond donors (Lipinski definition) is 0. The fraction of sp³-hybridized carbons (Fsp3) is 0. The topological polar surface area (TPSA) is 8.17 Å². The molecule has 0 unspecified atom stereocenters. The summed E-state index contributed by atoms with van der Waals surface area (Å²) in [6, 6.07) is 57.7. The molecule has 1 aliphatic carbocycles. The number of nitrogens with zero attached hydrogens (tertiary/aromatic N) is 2. The molecule has 8 aromatic carbocycles. The summed E-state index contributed by atoms with van der Waals surface area (Å²) in [5.74, 6) is 0. The van der Waals surface area contributed by atoms with Gasteiger partial charge in [-0.05, 0) is 92.7 Å². The molecule has 0 saturated heterocycles. The number of rotatable bonds is 4. The number of benzene rings is 8. The van der Waals surface area contributed by atoms with E-state index >= 15 is 0 Å². The van der Waals surface area contributed by atoms with E-state index in [9.17, 15) is 0 Å². The summed E-state index contributed by atoms with van der Waals surface area (Å²) in [5, 5.41) is 10.6. The molecule has 44 heavy (non-hydrogen) atoms. The molecule has 0 atom stereocenters. The Bertz CT molecular complexity index is 2540. The maximum absolute atomic E-state index is 2.47. The van der Waals surface area contributed by atoms with Gasteiger partial charge in [0, 0.05) is 38.9 Å². The van der Waals surface area contributed by atoms with Crippen molar-refractivity contribution >= 4 is 71.2 Å². The Morgan fingerprint density at radius 1 is 0.341 bits per heavy atom. The van der Waals surface area contributed by atoms with Crippen molar-refractivity contribution in [2.45, 2.75) is 0 Å². The normalized spacial score (nSPS) is 12.1. The smallest absolute Gasteiger partial charge is 0.0568 e. The zero-order valence-corrected chi connectivity index (χ0v) is 23.9. The summed E-state index contributed by atoms with van der Waals surface area (Å²) in [7, 11) is 0. The molecule has 9 aromatic rings. The van der Waals surface area contributed by atoms with Gasteiger partial charge in [0.2, 0.25) is 0 Å². The SMILES string of the molecule is c1ccc(N(c2ccccc2)c2cc3c4c5c6c(ccc7ccc8cccc-3c8c76)ccc5n(-c3ccccc3)c4c2)cc1. The maximum Gasteiger partial charge on any atom is 0.0568 e. The van der Waals surface area contributed by atoms with Crippen LogP contribution in [0.3, 0.4) is 0 Å². The molecular weight excluding hydrogens is 532 g/mol. The van der Waals surface area contributed by atoms with Crippen LogP contribution in [0.2, 0.25) is 0 Å². The number of para-hydroxylation sites is 3. The fourth-order valence-electron chi connectivity index (χ4n) is 7.64. The van der Waals surface area contributed by atoms with Gasteiger partial charge in [-0.2, -0.15) is 0 Å². The number of fused-ring (bicyclic) bond motifs is 1. The highest BCUT2D eigenvalue weighted by atomic mass is 15.1. The van der Waals surface area contributed by atoms with Crippen LogP contribution in [0.5, 0.6) is 0 Å². The Morgan fingerprint density at radius 3 is 1.57 bits per heavy atom. The third-order valence-corrected chi connectivity index (χ3v) is 9.41. The van der Waals surface area contributed by atoms with Crippen LogP contribution in [0.15, 0.2) is 158 Å². The average molecular weight is 559 g/mol. The second-order valence-corrected chi connectivity index (χ2v) is 11.8. The van der Waals surface area contributed by atoms with Crippen molar-refractivity contribution in [2.75, 3.05) is 4.90 Å². The van der Waals surface area contributed by atoms with Crippen molar-refractivity contribution in [3.63, 3.8) is 0 Å². The first kappa shape index (κ1) is 23.7. The summed E-state index contributed by atoms with van der Waals surface area (Å²) < 4.78 is 2.47. The lowest BCUT2D eigenvalue weighted by atomic mass is 9.92. The molecule has 1 aromatic heterocycles. The predicted octanol–water partition coefficient (Wildman–Crippen LogP) is 11.7. The number of aromatic nitrogens is 1. The van der Waals surface area contributed by atoms with Crippen molar-refractivity contribution in [3.05, 3.63) is 158 Å². The first-order valence-corrected chi connectivity index (χ1v) is 15.2. The van der Waals surface area contributed by atoms with Crippen molar-refractivity contribution in [1.29, 1.82) is 0 Å². The zero-order chi connectivity index (χ0) is 28.8. The Labute approximate surface area is 254 Å². The van der Waals surface area contributed by atoms with E-state index in [4.69, 9.17) is 0 Å². The van der Waals surface area contributed by atoms with Crippen LogP contribution in [0.1, 0.15) is 0 Å². The average Bonchev–Trinajstić information content (AvgIpc) is 3.36. The van der Waals surface area contributed by atoms with Crippen LogP contribution in [0.25, 0.3) is 70.9 Å². The van der Waals surface area contributed by atoms with Gasteiger partial charge in [0.05, 0.1) is 11.0 Å². The Morgan fingerprint density at radius 2 is 0.909 bits per heavy atom. The quantitative estimate of drug-likeness (QED) is 0.195. The van der Waals surface area contributed by atoms with E-state index in [1.54, 1.807) is 0 Å². The van der Waals surface area contributed by atoms with E-state index < -0.39 is 0 Å². The largest absolute Gasteiger partial charge is 0.310 e. The lowest BCUT2D eigenvalue weighted by molar-refractivity contribution is 1.18. The van der Waals surface area contributed by atoms with Gasteiger partial charge in [0.25, 0.3) is 0 Å². The molecule has 1 aliphatic rings. The maximum atomic E-state index is 2.47.